The molecule has 2 amide bonds. The number of aromatic nitrogens is 2. The Kier molecular flexibility index (Phi) is 13.8. The van der Waals surface area contributed by atoms with E-state index in [0.717, 1.165) is 115 Å². The van der Waals surface area contributed by atoms with Gasteiger partial charge < -0.3 is 30.5 Å². The summed E-state index contributed by atoms with van der Waals surface area (Å²) in [6.07, 6.45) is 15.4. The van der Waals surface area contributed by atoms with Crippen molar-refractivity contribution in [2.75, 3.05) is 24.4 Å². The number of fused-ring (bicyclic) bond motifs is 10. The molecule has 0 aliphatic heterocycles. The lowest BCUT2D eigenvalue weighted by Gasteiger charge is -2.50. The Balaban J connectivity index is 0.769. The Morgan fingerprint density at radius 2 is 1.38 bits per heavy atom. The van der Waals surface area contributed by atoms with Gasteiger partial charge in [0.25, 0.3) is 0 Å². The number of aromatic hydroxyl groups is 2. The van der Waals surface area contributed by atoms with Crippen LogP contribution in [0, 0.1) is 53.3 Å². The second-order valence-electron chi connectivity index (χ2n) is 21.0. The number of halogens is 3. The van der Waals surface area contributed by atoms with Crippen LogP contribution in [0.1, 0.15) is 135 Å². The maximum Gasteiger partial charge on any atom is 0.226 e. The molecular weight excluding hydrogens is 975 g/mol. The largest absolute Gasteiger partial charge is 0.506 e. The zero-order valence-corrected chi connectivity index (χ0v) is 43.5. The van der Waals surface area contributed by atoms with Crippen molar-refractivity contribution in [3.05, 3.63) is 77.7 Å². The molecule has 0 bridgehead atoms. The first kappa shape index (κ1) is 48.7. The lowest BCUT2D eigenvalue weighted by atomic mass is 9.54. The molecule has 10 atom stereocenters. The maximum absolute atomic E-state index is 13.6. The second kappa shape index (κ2) is 19.6. The molecule has 10 unspecified atom stereocenters. The molecule has 2 heterocycles. The van der Waals surface area contributed by atoms with Crippen molar-refractivity contribution in [3.63, 3.8) is 0 Å². The van der Waals surface area contributed by atoms with Gasteiger partial charge in [0.2, 0.25) is 11.8 Å². The van der Waals surface area contributed by atoms with Gasteiger partial charge in [0, 0.05) is 52.2 Å². The highest BCUT2D eigenvalue weighted by Gasteiger charge is 2.59. The Bertz CT molecular complexity index is 2710. The molecule has 4 N–H and O–H groups in total. The van der Waals surface area contributed by atoms with Crippen LogP contribution in [0.25, 0.3) is 0 Å². The number of thiazole rings is 2. The third-order valence-corrected chi connectivity index (χ3v) is 20.4. The molecule has 0 radical (unpaired) electrons. The minimum absolute atomic E-state index is 0.0327. The zero-order chi connectivity index (χ0) is 48.4. The fourth-order valence-corrected chi connectivity index (χ4v) is 16.8. The summed E-state index contributed by atoms with van der Waals surface area (Å²) in [5, 5.41) is 38.8. The molecule has 2 aromatic carbocycles. The van der Waals surface area contributed by atoms with Crippen molar-refractivity contribution in [2.24, 2.45) is 56.6 Å². The van der Waals surface area contributed by atoms with Crippen LogP contribution in [0.4, 0.5) is 10.3 Å². The average molecular weight is 1040 g/mol. The first-order valence-corrected chi connectivity index (χ1v) is 27.4. The SMILES string of the molecule is CON=C1CC(CCC(=O)Nc2ncc(CCON=C3CC(CCC(=O)Nc4ncc(C)s4)C4C5CCc6c(cc(Cl)c(O)c6Cl)C5CCC34C)s2)C2C3CCc4c(ccc(O)c4Cl)C3CCC12C. The summed E-state index contributed by atoms with van der Waals surface area (Å²) in [6, 6.07) is 5.73. The van der Waals surface area contributed by atoms with Crippen LogP contribution in [0.3, 0.4) is 0 Å². The van der Waals surface area contributed by atoms with Crippen molar-refractivity contribution < 1.29 is 29.5 Å². The molecule has 6 aliphatic carbocycles. The second-order valence-corrected chi connectivity index (χ2v) is 24.5. The third-order valence-electron chi connectivity index (χ3n) is 17.4. The highest BCUT2D eigenvalue weighted by molar-refractivity contribution is 7.16. The number of hydrogen-bond acceptors (Lipinski definition) is 12. The van der Waals surface area contributed by atoms with Gasteiger partial charge >= 0.3 is 0 Å². The quantitative estimate of drug-likeness (QED) is 0.0758. The van der Waals surface area contributed by atoms with Crippen LogP contribution in [0.2, 0.25) is 15.1 Å². The molecule has 4 fully saturated rings. The normalized spacial score (nSPS) is 31.0. The molecule has 69 heavy (non-hydrogen) atoms. The molecule has 0 saturated heterocycles. The van der Waals surface area contributed by atoms with Crippen LogP contribution in [0.15, 0.2) is 40.9 Å². The van der Waals surface area contributed by atoms with Crippen molar-refractivity contribution >= 4 is 91.0 Å². The lowest BCUT2D eigenvalue weighted by Crippen LogP contribution is -2.44. The topological polar surface area (TPSA) is 168 Å². The van der Waals surface area contributed by atoms with E-state index in [-0.39, 0.29) is 62.8 Å². The van der Waals surface area contributed by atoms with Crippen molar-refractivity contribution in [3.8, 4) is 11.5 Å². The van der Waals surface area contributed by atoms with Gasteiger partial charge in [-0.05, 0) is 166 Å². The van der Waals surface area contributed by atoms with Crippen molar-refractivity contribution in [1.82, 2.24) is 9.97 Å². The van der Waals surface area contributed by atoms with Crippen LogP contribution >= 0.6 is 57.5 Å². The van der Waals surface area contributed by atoms with Gasteiger partial charge in [-0.2, -0.15) is 0 Å². The number of hydrogen-bond donors (Lipinski definition) is 4. The van der Waals surface area contributed by atoms with Gasteiger partial charge in [-0.25, -0.2) is 9.97 Å². The highest BCUT2D eigenvalue weighted by atomic mass is 35.5. The molecular formula is C52H61Cl3N6O6S2. The van der Waals surface area contributed by atoms with E-state index in [1.54, 1.807) is 19.4 Å². The molecule has 2 aromatic heterocycles. The first-order valence-electron chi connectivity index (χ1n) is 24.6. The fraction of sp³-hybridized carbons (Fsp3) is 0.577. The summed E-state index contributed by atoms with van der Waals surface area (Å²) >= 11 is 22.7. The van der Waals surface area contributed by atoms with Crippen LogP contribution in [-0.4, -0.2) is 57.1 Å². The third kappa shape index (κ3) is 9.05. The number of benzene rings is 2. The summed E-state index contributed by atoms with van der Waals surface area (Å²) in [5.74, 6) is 2.56. The number of carbonyl (C=O) groups is 2. The fourth-order valence-electron chi connectivity index (χ4n) is 14.5. The summed E-state index contributed by atoms with van der Waals surface area (Å²) in [5.41, 5.74) is 6.37. The van der Waals surface area contributed by atoms with E-state index in [2.05, 4.69) is 45.7 Å². The van der Waals surface area contributed by atoms with Gasteiger partial charge in [-0.1, -0.05) is 65.0 Å². The minimum atomic E-state index is -0.201. The van der Waals surface area contributed by atoms with Crippen molar-refractivity contribution in [1.29, 1.82) is 0 Å². The summed E-state index contributed by atoms with van der Waals surface area (Å²) in [7, 11) is 1.62. The number of anilines is 2. The van der Waals surface area contributed by atoms with Gasteiger partial charge in [0.05, 0.1) is 26.5 Å². The monoisotopic (exact) mass is 1030 g/mol. The molecule has 4 saturated carbocycles. The van der Waals surface area contributed by atoms with Gasteiger partial charge in [0.15, 0.2) is 16.0 Å². The number of nitrogens with one attached hydrogen (secondary N) is 2. The number of rotatable bonds is 13. The van der Waals surface area contributed by atoms with E-state index in [0.29, 0.717) is 69.8 Å². The first-order chi connectivity index (χ1) is 33.2. The highest BCUT2D eigenvalue weighted by Crippen LogP contribution is 2.65. The number of aryl methyl sites for hydroxylation is 1. The molecule has 6 aliphatic rings. The van der Waals surface area contributed by atoms with E-state index < -0.39 is 0 Å². The molecule has 0 spiro atoms. The van der Waals surface area contributed by atoms with E-state index in [1.807, 2.05) is 19.2 Å². The number of oxime groups is 2. The van der Waals surface area contributed by atoms with Gasteiger partial charge in [0.1, 0.15) is 19.5 Å². The van der Waals surface area contributed by atoms with Crippen LogP contribution in [0.5, 0.6) is 11.5 Å². The number of amides is 2. The summed E-state index contributed by atoms with van der Waals surface area (Å²) < 4.78 is 0. The maximum atomic E-state index is 13.6. The van der Waals surface area contributed by atoms with Crippen molar-refractivity contribution in [2.45, 2.75) is 129 Å². The Morgan fingerprint density at radius 3 is 1.99 bits per heavy atom. The van der Waals surface area contributed by atoms with Gasteiger partial charge in [-0.15, -0.1) is 22.7 Å². The summed E-state index contributed by atoms with van der Waals surface area (Å²) in [4.78, 5) is 49.3. The van der Waals surface area contributed by atoms with E-state index >= 15 is 0 Å². The Hall–Kier alpha value is -3.95. The number of phenols is 2. The summed E-state index contributed by atoms with van der Waals surface area (Å²) in [6.45, 7) is 7.02. The van der Waals surface area contributed by atoms with Gasteiger partial charge in [-0.3, -0.25) is 9.59 Å². The lowest BCUT2D eigenvalue weighted by molar-refractivity contribution is -0.117. The average Bonchev–Trinajstić information content (AvgIpc) is 4.09. The Morgan fingerprint density at radius 1 is 0.797 bits per heavy atom. The molecule has 10 rings (SSSR count). The molecule has 12 nitrogen and oxygen atoms in total. The zero-order valence-electron chi connectivity index (χ0n) is 39.6. The minimum Gasteiger partial charge on any atom is -0.506 e. The molecule has 17 heteroatoms. The molecule has 4 aromatic rings. The predicted molar refractivity (Wildman–Crippen MR) is 274 cm³/mol. The van der Waals surface area contributed by atoms with E-state index in [9.17, 15) is 19.8 Å². The number of nitrogens with zero attached hydrogens (tertiary/aromatic N) is 4. The smallest absolute Gasteiger partial charge is 0.226 e. The van der Waals surface area contributed by atoms with Crippen LogP contribution < -0.4 is 10.6 Å². The number of phenolic OH excluding ortho intramolecular Hbond substituents is 2. The molecule has 368 valence electrons. The predicted octanol–water partition coefficient (Wildman–Crippen LogP) is 12.9. The van der Waals surface area contributed by atoms with E-state index in [4.69, 9.17) is 49.6 Å². The standard InChI is InChI=1S/C52H61Cl3N6O6S2/c1-26-24-56-49(68-26)58-42(63)13-6-28-22-41(52(3)19-16-32-34(45(28)52)8-10-36-37(32)23-38(53)48(65)47(36)55)61-67-20-17-29-25-57-50(69-29)59-43(64)14-5-27-21-40(60-66-4)51(2)18-15-31-30-11-12-39(62)46(54)35(30)9-7-33(31)44(27)51/h11-12,23-25,27-28,31-34,44-45,62,65H,5-10,13-22H2,1-4H3,(H,56,58,63)(H,57,59,64). The Labute approximate surface area is 427 Å². The van der Waals surface area contributed by atoms with E-state index in [1.165, 1.54) is 28.2 Å². The van der Waals surface area contributed by atoms with Crippen LogP contribution in [-0.2, 0) is 38.5 Å². The number of carbonyl (C=O) groups excluding carboxylic acids is 2.